The van der Waals surface area contributed by atoms with Gasteiger partial charge in [-0.15, -0.1) is 11.3 Å². The molecule has 0 bridgehead atoms. The van der Waals surface area contributed by atoms with E-state index in [4.69, 9.17) is 19.0 Å². The molecule has 4 rings (SSSR count). The number of methoxy groups -OCH3 is 2. The summed E-state index contributed by atoms with van der Waals surface area (Å²) in [5.74, 6) is 2.32. The minimum absolute atomic E-state index is 0.722. The molecule has 3 heterocycles. The monoisotopic (exact) mass is 414 g/mol. The molecule has 0 amide bonds. The molecule has 0 atom stereocenters. The average molecular weight is 415 g/mol. The molecular weight excluding hydrogens is 388 g/mol. The first-order valence-corrected chi connectivity index (χ1v) is 10.6. The van der Waals surface area contributed by atoms with Crippen LogP contribution in [0.1, 0.15) is 17.1 Å². The van der Waals surface area contributed by atoms with Crippen LogP contribution >= 0.6 is 11.3 Å². The van der Waals surface area contributed by atoms with E-state index < -0.39 is 0 Å². The molecule has 0 unspecified atom stereocenters. The molecule has 154 valence electrons. The van der Waals surface area contributed by atoms with Crippen LogP contribution in [0.25, 0.3) is 10.6 Å². The van der Waals surface area contributed by atoms with E-state index in [2.05, 4.69) is 20.3 Å². The number of rotatable bonds is 7. The highest BCUT2D eigenvalue weighted by atomic mass is 32.1. The van der Waals surface area contributed by atoms with Crippen molar-refractivity contribution in [1.29, 1.82) is 0 Å². The Morgan fingerprint density at radius 3 is 2.38 bits per heavy atom. The lowest BCUT2D eigenvalue weighted by atomic mass is 10.2. The highest BCUT2D eigenvalue weighted by Gasteiger charge is 2.20. The molecule has 1 aliphatic rings. The number of hydrogen-bond acceptors (Lipinski definition) is 8. The van der Waals surface area contributed by atoms with E-state index in [0.717, 1.165) is 78.5 Å². The Labute approximate surface area is 174 Å². The topological polar surface area (TPSA) is 63.9 Å². The zero-order chi connectivity index (χ0) is 20.2. The number of benzene rings is 1. The van der Waals surface area contributed by atoms with Gasteiger partial charge in [0.2, 0.25) is 0 Å². The number of ether oxygens (including phenoxy) is 2. The molecule has 1 aliphatic heterocycles. The van der Waals surface area contributed by atoms with E-state index in [-0.39, 0.29) is 0 Å². The van der Waals surface area contributed by atoms with Crippen molar-refractivity contribution in [2.24, 2.45) is 0 Å². The lowest BCUT2D eigenvalue weighted by Gasteiger charge is -2.33. The summed E-state index contributed by atoms with van der Waals surface area (Å²) in [7, 11) is 3.31. The molecule has 0 saturated carbocycles. The molecule has 1 saturated heterocycles. The van der Waals surface area contributed by atoms with Gasteiger partial charge in [-0.05, 0) is 19.1 Å². The number of hydrogen-bond donors (Lipinski definition) is 0. The maximum atomic E-state index is 5.56. The molecule has 1 aromatic carbocycles. The van der Waals surface area contributed by atoms with Crippen molar-refractivity contribution < 1.29 is 14.0 Å². The minimum atomic E-state index is 0.722. The van der Waals surface area contributed by atoms with E-state index in [1.807, 2.05) is 31.2 Å². The molecule has 2 aromatic heterocycles. The highest BCUT2D eigenvalue weighted by molar-refractivity contribution is 7.13. The van der Waals surface area contributed by atoms with Crippen molar-refractivity contribution in [2.75, 3.05) is 40.4 Å². The van der Waals surface area contributed by atoms with Crippen molar-refractivity contribution in [3.05, 3.63) is 46.8 Å². The van der Waals surface area contributed by atoms with Crippen LogP contribution in [0.5, 0.6) is 11.5 Å². The van der Waals surface area contributed by atoms with Crippen LogP contribution in [0.3, 0.4) is 0 Å². The van der Waals surface area contributed by atoms with Crippen molar-refractivity contribution in [2.45, 2.75) is 20.0 Å². The predicted molar refractivity (Wildman–Crippen MR) is 112 cm³/mol. The lowest BCUT2D eigenvalue weighted by molar-refractivity contribution is 0.119. The van der Waals surface area contributed by atoms with Crippen LogP contribution in [-0.4, -0.2) is 60.3 Å². The van der Waals surface area contributed by atoms with Gasteiger partial charge in [-0.1, -0.05) is 11.2 Å². The number of aromatic nitrogens is 2. The second-order valence-corrected chi connectivity index (χ2v) is 8.02. The third-order valence-electron chi connectivity index (χ3n) is 5.10. The highest BCUT2D eigenvalue weighted by Crippen LogP contribution is 2.39. The van der Waals surface area contributed by atoms with Gasteiger partial charge in [0.25, 0.3) is 0 Å². The Morgan fingerprint density at radius 2 is 1.76 bits per heavy atom. The normalized spacial score (nSPS) is 15.6. The summed E-state index contributed by atoms with van der Waals surface area (Å²) in [4.78, 5) is 9.72. The largest absolute Gasteiger partial charge is 0.493 e. The smallest absolute Gasteiger partial charge is 0.170 e. The SMILES string of the molecule is COc1cccc(-c2nc(CN3CCN(Cc4cc(C)on4)CC3)cs2)c1OC. The number of thiazole rings is 1. The maximum Gasteiger partial charge on any atom is 0.170 e. The molecular formula is C21H26N4O3S. The molecule has 1 fully saturated rings. The lowest BCUT2D eigenvalue weighted by Crippen LogP contribution is -2.45. The quantitative estimate of drug-likeness (QED) is 0.587. The van der Waals surface area contributed by atoms with Gasteiger partial charge in [0.05, 0.1) is 31.2 Å². The van der Waals surface area contributed by atoms with Gasteiger partial charge in [0, 0.05) is 50.7 Å². The summed E-state index contributed by atoms with van der Waals surface area (Å²) in [6.45, 7) is 7.72. The van der Waals surface area contributed by atoms with E-state index in [1.165, 1.54) is 0 Å². The van der Waals surface area contributed by atoms with Crippen molar-refractivity contribution in [3.8, 4) is 22.1 Å². The van der Waals surface area contributed by atoms with E-state index in [0.29, 0.717) is 0 Å². The summed E-state index contributed by atoms with van der Waals surface area (Å²) in [5.41, 5.74) is 3.07. The van der Waals surface area contributed by atoms with Crippen LogP contribution < -0.4 is 9.47 Å². The van der Waals surface area contributed by atoms with Crippen LogP contribution in [0.15, 0.2) is 34.2 Å². The van der Waals surface area contributed by atoms with E-state index >= 15 is 0 Å². The van der Waals surface area contributed by atoms with Gasteiger partial charge < -0.3 is 14.0 Å². The second kappa shape index (κ2) is 8.94. The molecule has 0 spiro atoms. The predicted octanol–water partition coefficient (Wildman–Crippen LogP) is 3.44. The Balaban J connectivity index is 1.36. The molecule has 29 heavy (non-hydrogen) atoms. The van der Waals surface area contributed by atoms with Crippen molar-refractivity contribution in [1.82, 2.24) is 19.9 Å². The fraction of sp³-hybridized carbons (Fsp3) is 0.429. The molecule has 3 aromatic rings. The summed E-state index contributed by atoms with van der Waals surface area (Å²) >= 11 is 1.64. The fourth-order valence-electron chi connectivity index (χ4n) is 3.62. The maximum absolute atomic E-state index is 5.56. The third-order valence-corrected chi connectivity index (χ3v) is 6.02. The number of nitrogens with zero attached hydrogens (tertiary/aromatic N) is 4. The molecule has 0 aliphatic carbocycles. The van der Waals surface area contributed by atoms with Crippen LogP contribution in [-0.2, 0) is 13.1 Å². The van der Waals surface area contributed by atoms with Gasteiger partial charge in [0.1, 0.15) is 10.8 Å². The minimum Gasteiger partial charge on any atom is -0.493 e. The fourth-order valence-corrected chi connectivity index (χ4v) is 4.45. The van der Waals surface area contributed by atoms with Crippen molar-refractivity contribution >= 4 is 11.3 Å². The molecule has 8 heteroatoms. The second-order valence-electron chi connectivity index (χ2n) is 7.17. The number of piperazine rings is 1. The molecule has 0 radical (unpaired) electrons. The van der Waals surface area contributed by atoms with Gasteiger partial charge in [-0.3, -0.25) is 9.80 Å². The molecule has 7 nitrogen and oxygen atoms in total. The Kier molecular flexibility index (Phi) is 6.13. The Hall–Kier alpha value is -2.42. The standard InChI is InChI=1S/C21H26N4O3S/c1-15-11-16(23-28-15)12-24-7-9-25(10-8-24)13-17-14-29-21(22-17)18-5-4-6-19(26-2)20(18)27-3/h4-6,11,14H,7-10,12-13H2,1-3H3. The summed E-state index contributed by atoms with van der Waals surface area (Å²) in [5, 5.41) is 7.19. The summed E-state index contributed by atoms with van der Waals surface area (Å²) in [6, 6.07) is 7.90. The van der Waals surface area contributed by atoms with Crippen molar-refractivity contribution in [3.63, 3.8) is 0 Å². The Morgan fingerprint density at radius 1 is 1.03 bits per heavy atom. The third kappa shape index (κ3) is 4.60. The van der Waals surface area contributed by atoms with Crippen LogP contribution in [0, 0.1) is 6.92 Å². The number of para-hydroxylation sites is 1. The first-order valence-electron chi connectivity index (χ1n) is 9.69. The summed E-state index contributed by atoms with van der Waals surface area (Å²) in [6.07, 6.45) is 0. The van der Waals surface area contributed by atoms with E-state index in [1.54, 1.807) is 25.6 Å². The number of aryl methyl sites for hydroxylation is 1. The zero-order valence-corrected chi connectivity index (χ0v) is 17.9. The summed E-state index contributed by atoms with van der Waals surface area (Å²) < 4.78 is 16.1. The van der Waals surface area contributed by atoms with Gasteiger partial charge in [-0.2, -0.15) is 0 Å². The van der Waals surface area contributed by atoms with E-state index in [9.17, 15) is 0 Å². The van der Waals surface area contributed by atoms with Gasteiger partial charge in [0.15, 0.2) is 11.5 Å². The Bertz CT molecular complexity index is 947. The van der Waals surface area contributed by atoms with Gasteiger partial charge >= 0.3 is 0 Å². The van der Waals surface area contributed by atoms with Gasteiger partial charge in [-0.25, -0.2) is 4.98 Å². The zero-order valence-electron chi connectivity index (χ0n) is 17.1. The van der Waals surface area contributed by atoms with Crippen LogP contribution in [0.4, 0.5) is 0 Å². The average Bonchev–Trinajstić information content (AvgIpc) is 3.37. The first kappa shape index (κ1) is 19.9. The molecule has 0 N–H and O–H groups in total. The first-order chi connectivity index (χ1) is 14.2. The van der Waals surface area contributed by atoms with Crippen LogP contribution in [0.2, 0.25) is 0 Å².